The van der Waals surface area contributed by atoms with E-state index >= 15 is 0 Å². The van der Waals surface area contributed by atoms with Gasteiger partial charge in [-0.15, -0.1) is 0 Å². The number of carbonyl (C=O) groups is 1. The van der Waals surface area contributed by atoms with Crippen molar-refractivity contribution in [2.75, 3.05) is 6.61 Å². The highest BCUT2D eigenvalue weighted by atomic mass is 16.6. The molecule has 0 spiro atoms. The zero-order chi connectivity index (χ0) is 20.9. The van der Waals surface area contributed by atoms with E-state index < -0.39 is 0 Å². The first-order chi connectivity index (χ1) is 14.6. The van der Waals surface area contributed by atoms with Crippen LogP contribution in [0.3, 0.4) is 0 Å². The molecule has 5 nitrogen and oxygen atoms in total. The maximum Gasteiger partial charge on any atom is 0.280 e. The van der Waals surface area contributed by atoms with Crippen LogP contribution in [0.25, 0.3) is 5.57 Å². The summed E-state index contributed by atoms with van der Waals surface area (Å²) in [5.41, 5.74) is 9.09. The fraction of sp³-hybridized carbons (Fsp3) is 0.240. The maximum atomic E-state index is 12.0. The molecule has 0 aromatic heterocycles. The van der Waals surface area contributed by atoms with Gasteiger partial charge in [-0.1, -0.05) is 77.5 Å². The van der Waals surface area contributed by atoms with Gasteiger partial charge in [-0.2, -0.15) is 5.10 Å². The van der Waals surface area contributed by atoms with Crippen LogP contribution in [0.4, 0.5) is 0 Å². The summed E-state index contributed by atoms with van der Waals surface area (Å²) in [5, 5.41) is 8.19. The van der Waals surface area contributed by atoms with E-state index in [0.29, 0.717) is 11.8 Å². The van der Waals surface area contributed by atoms with Crippen LogP contribution in [0, 0.1) is 18.8 Å². The fourth-order valence-corrected chi connectivity index (χ4v) is 3.96. The van der Waals surface area contributed by atoms with Crippen molar-refractivity contribution in [3.63, 3.8) is 0 Å². The van der Waals surface area contributed by atoms with Gasteiger partial charge >= 0.3 is 0 Å². The summed E-state index contributed by atoms with van der Waals surface area (Å²) in [6, 6.07) is 18.3. The first kappa shape index (κ1) is 19.8. The van der Waals surface area contributed by atoms with E-state index in [2.05, 4.69) is 40.0 Å². The third-order valence-corrected chi connectivity index (χ3v) is 5.51. The molecule has 5 heteroatoms. The second-order valence-corrected chi connectivity index (χ2v) is 7.68. The van der Waals surface area contributed by atoms with Gasteiger partial charge in [-0.25, -0.2) is 5.43 Å². The minimum Gasteiger partial charge on any atom is -0.385 e. The first-order valence-corrected chi connectivity index (χ1v) is 10.1. The normalized spacial score (nSPS) is 20.3. The van der Waals surface area contributed by atoms with Gasteiger partial charge in [0.05, 0.1) is 11.9 Å². The SMILES string of the molecule is C/C(=N/OCC(=O)N/N=C\C1=C(c2ccccc2)[C@@H]2C=C[C@@H]1C2)c1ccc(C)cc1. The number of allylic oxidation sites excluding steroid dienone is 4. The molecule has 0 saturated heterocycles. The molecule has 30 heavy (non-hydrogen) atoms. The highest BCUT2D eigenvalue weighted by molar-refractivity contribution is 5.98. The number of carbonyl (C=O) groups excluding carboxylic acids is 1. The van der Waals surface area contributed by atoms with Crippen LogP contribution >= 0.6 is 0 Å². The zero-order valence-electron chi connectivity index (χ0n) is 17.2. The minimum absolute atomic E-state index is 0.183. The van der Waals surface area contributed by atoms with E-state index in [4.69, 9.17) is 4.84 Å². The van der Waals surface area contributed by atoms with Gasteiger partial charge < -0.3 is 4.84 Å². The van der Waals surface area contributed by atoms with Crippen LogP contribution in [0.5, 0.6) is 0 Å². The number of hydrogen-bond acceptors (Lipinski definition) is 4. The quantitative estimate of drug-likeness (QED) is 0.423. The molecule has 152 valence electrons. The molecule has 2 aromatic rings. The maximum absolute atomic E-state index is 12.0. The van der Waals surface area contributed by atoms with E-state index in [1.807, 2.05) is 56.3 Å². The largest absolute Gasteiger partial charge is 0.385 e. The Morgan fingerprint density at radius 1 is 1.10 bits per heavy atom. The molecule has 0 fully saturated rings. The highest BCUT2D eigenvalue weighted by Crippen LogP contribution is 2.47. The Labute approximate surface area is 176 Å². The molecule has 4 rings (SSSR count). The number of oxime groups is 1. The van der Waals surface area contributed by atoms with Crippen molar-refractivity contribution in [2.24, 2.45) is 22.1 Å². The molecular formula is C25H25N3O2. The van der Waals surface area contributed by atoms with Crippen molar-refractivity contribution in [3.8, 4) is 0 Å². The Bertz CT molecular complexity index is 1030. The van der Waals surface area contributed by atoms with Crippen LogP contribution in [-0.2, 0) is 9.63 Å². The molecule has 0 radical (unpaired) electrons. The van der Waals surface area contributed by atoms with Gasteiger partial charge in [0.2, 0.25) is 0 Å². The molecule has 0 unspecified atom stereocenters. The number of nitrogens with one attached hydrogen (secondary N) is 1. The summed E-state index contributed by atoms with van der Waals surface area (Å²) in [7, 11) is 0. The number of aryl methyl sites for hydroxylation is 1. The topological polar surface area (TPSA) is 63.0 Å². The number of hydrogen-bond donors (Lipinski definition) is 1. The second kappa shape index (κ2) is 8.91. The number of rotatable bonds is 7. The first-order valence-electron chi connectivity index (χ1n) is 10.1. The predicted molar refractivity (Wildman–Crippen MR) is 120 cm³/mol. The van der Waals surface area contributed by atoms with Crippen molar-refractivity contribution in [3.05, 3.63) is 89.0 Å². The smallest absolute Gasteiger partial charge is 0.280 e. The fourth-order valence-electron chi connectivity index (χ4n) is 3.96. The van der Waals surface area contributed by atoms with Gasteiger partial charge in [-0.05, 0) is 42.5 Å². The zero-order valence-corrected chi connectivity index (χ0v) is 17.2. The molecule has 0 heterocycles. The third-order valence-electron chi connectivity index (χ3n) is 5.51. The summed E-state index contributed by atoms with van der Waals surface area (Å²) in [6.07, 6.45) is 7.35. The van der Waals surface area contributed by atoms with Crippen LogP contribution in [0.1, 0.15) is 30.0 Å². The average Bonchev–Trinajstić information content (AvgIpc) is 3.36. The molecule has 0 saturated carbocycles. The number of hydrazone groups is 1. The lowest BCUT2D eigenvalue weighted by Gasteiger charge is -2.13. The van der Waals surface area contributed by atoms with Gasteiger partial charge in [-0.3, -0.25) is 4.79 Å². The van der Waals surface area contributed by atoms with Crippen LogP contribution in [0.2, 0.25) is 0 Å². The van der Waals surface area contributed by atoms with Crippen molar-refractivity contribution >= 4 is 23.4 Å². The van der Waals surface area contributed by atoms with Crippen LogP contribution in [0.15, 0.2) is 82.6 Å². The Morgan fingerprint density at radius 2 is 1.83 bits per heavy atom. The van der Waals surface area contributed by atoms with Crippen molar-refractivity contribution < 1.29 is 9.63 Å². The van der Waals surface area contributed by atoms with Crippen molar-refractivity contribution in [1.82, 2.24) is 5.43 Å². The molecule has 2 aliphatic carbocycles. The van der Waals surface area contributed by atoms with E-state index in [1.54, 1.807) is 6.21 Å². The summed E-state index contributed by atoms with van der Waals surface area (Å²) in [4.78, 5) is 17.2. The Hall–Kier alpha value is -3.47. The molecule has 0 aliphatic heterocycles. The lowest BCUT2D eigenvalue weighted by atomic mass is 9.92. The summed E-state index contributed by atoms with van der Waals surface area (Å²) < 4.78 is 0. The number of benzene rings is 2. The van der Waals surface area contributed by atoms with E-state index in [9.17, 15) is 4.79 Å². The summed E-state index contributed by atoms with van der Waals surface area (Å²) in [5.74, 6) is 0.452. The molecule has 1 amide bonds. The predicted octanol–water partition coefficient (Wildman–Crippen LogP) is 4.50. The Kier molecular flexibility index (Phi) is 5.89. The number of amides is 1. The molecule has 2 bridgehead atoms. The van der Waals surface area contributed by atoms with E-state index in [0.717, 1.165) is 17.7 Å². The molecular weight excluding hydrogens is 374 g/mol. The minimum atomic E-state index is -0.340. The van der Waals surface area contributed by atoms with Crippen LogP contribution < -0.4 is 5.43 Å². The lowest BCUT2D eigenvalue weighted by molar-refractivity contribution is -0.125. The summed E-state index contributed by atoms with van der Waals surface area (Å²) >= 11 is 0. The Balaban J connectivity index is 1.34. The van der Waals surface area contributed by atoms with Crippen molar-refractivity contribution in [1.29, 1.82) is 0 Å². The highest BCUT2D eigenvalue weighted by Gasteiger charge is 2.34. The third kappa shape index (κ3) is 4.40. The van der Waals surface area contributed by atoms with Gasteiger partial charge in [0, 0.05) is 11.8 Å². The van der Waals surface area contributed by atoms with Gasteiger partial charge in [0.15, 0.2) is 6.61 Å². The lowest BCUT2D eigenvalue weighted by Crippen LogP contribution is -2.22. The molecule has 2 atom stereocenters. The second-order valence-electron chi connectivity index (χ2n) is 7.68. The van der Waals surface area contributed by atoms with Crippen molar-refractivity contribution in [2.45, 2.75) is 20.3 Å². The number of nitrogens with zero attached hydrogens (tertiary/aromatic N) is 2. The number of fused-ring (bicyclic) bond motifs is 2. The molecule has 2 aliphatic rings. The molecule has 1 N–H and O–H groups in total. The van der Waals surface area contributed by atoms with Crippen LogP contribution in [-0.4, -0.2) is 24.4 Å². The van der Waals surface area contributed by atoms with E-state index in [-0.39, 0.29) is 12.5 Å². The standard InChI is InChI=1S/C25H25N3O2/c1-17-8-10-19(11-9-17)18(2)28-30-16-24(29)27-26-15-23-21-12-13-22(14-21)25(23)20-6-4-3-5-7-20/h3-13,15,21-22H,14,16H2,1-2H3,(H,27,29)/b26-15-,28-18-/t21-,22-/m1/s1. The van der Waals surface area contributed by atoms with Gasteiger partial charge in [0.25, 0.3) is 5.91 Å². The van der Waals surface area contributed by atoms with Gasteiger partial charge in [0.1, 0.15) is 0 Å². The van der Waals surface area contributed by atoms with E-state index in [1.165, 1.54) is 22.3 Å². The Morgan fingerprint density at radius 3 is 2.60 bits per heavy atom. The summed E-state index contributed by atoms with van der Waals surface area (Å²) in [6.45, 7) is 3.70. The monoisotopic (exact) mass is 399 g/mol. The average molecular weight is 399 g/mol. The molecule has 2 aromatic carbocycles.